The van der Waals surface area contributed by atoms with E-state index >= 15 is 0 Å². The van der Waals surface area contributed by atoms with Gasteiger partial charge in [0.1, 0.15) is 65.9 Å². The van der Waals surface area contributed by atoms with Crippen LogP contribution in [0.15, 0.2) is 96.2 Å². The van der Waals surface area contributed by atoms with E-state index in [9.17, 15) is 30.3 Å². The summed E-state index contributed by atoms with van der Waals surface area (Å²) in [6.45, 7) is -1.21. The van der Waals surface area contributed by atoms with E-state index in [-0.39, 0.29) is 18.7 Å². The van der Waals surface area contributed by atoms with Crippen LogP contribution in [0.3, 0.4) is 0 Å². The second-order valence-corrected chi connectivity index (χ2v) is 12.6. The van der Waals surface area contributed by atoms with Crippen molar-refractivity contribution in [1.82, 2.24) is 20.3 Å². The summed E-state index contributed by atoms with van der Waals surface area (Å²) in [6.07, 6.45) is -9.79. The van der Waals surface area contributed by atoms with Crippen molar-refractivity contribution in [2.75, 3.05) is 26.4 Å². The van der Waals surface area contributed by atoms with E-state index in [0.29, 0.717) is 29.2 Å². The number of para-hydroxylation sites is 1. The van der Waals surface area contributed by atoms with Crippen LogP contribution in [0.25, 0.3) is 21.7 Å². The first-order valence-corrected chi connectivity index (χ1v) is 17.3. The minimum Gasteiger partial charge on any atom is -0.457 e. The Balaban J connectivity index is 1.20. The Kier molecular flexibility index (Phi) is 13.2. The topological polar surface area (TPSA) is 256 Å². The molecule has 0 spiro atoms. The highest BCUT2D eigenvalue weighted by Gasteiger charge is 2.52. The lowest BCUT2D eigenvalue weighted by Gasteiger charge is -2.47. The van der Waals surface area contributed by atoms with Gasteiger partial charge in [-0.05, 0) is 60.5 Å². The maximum atomic E-state index is 13.2. The first kappa shape index (κ1) is 38.7. The molecule has 2 saturated heterocycles. The first-order valence-electron chi connectivity index (χ1n) is 17.3. The Morgan fingerprint density at radius 1 is 0.870 bits per heavy atom. The standard InChI is InChI=1S/C36H41N7O11/c37-41-38-16-7-17-50-35-28(39-34(49)22-8-3-1-4-9-22)31(47)33(27(20-45)53-35)54-36-32(48)29(30(46)26(19-44)52-36)43-18-25(40-42-43)21-12-14-24(15-13-21)51-23-10-5-2-6-11-23/h1-6,8-15,18,26-33,35-36,44-48H,7,16-17,19-20H2,(H,39,49)/t26-,27-,28-,29+,30+,31-,32-,33-,35-,36+/m1/s1. The Morgan fingerprint density at radius 2 is 1.54 bits per heavy atom. The third-order valence-corrected chi connectivity index (χ3v) is 9.02. The normalized spacial score (nSPS) is 28.2. The highest BCUT2D eigenvalue weighted by atomic mass is 16.7. The molecule has 3 aromatic carbocycles. The summed E-state index contributed by atoms with van der Waals surface area (Å²) in [6, 6.07) is 22.0. The molecule has 2 fully saturated rings. The molecule has 286 valence electrons. The zero-order valence-corrected chi connectivity index (χ0v) is 28.8. The molecule has 1 aromatic heterocycles. The van der Waals surface area contributed by atoms with Crippen LogP contribution < -0.4 is 10.1 Å². The number of amides is 1. The number of aliphatic hydroxyl groups is 5. The molecule has 0 saturated carbocycles. The number of hydrogen-bond donors (Lipinski definition) is 6. The van der Waals surface area contributed by atoms with E-state index in [1.807, 2.05) is 30.3 Å². The van der Waals surface area contributed by atoms with E-state index in [2.05, 4.69) is 25.7 Å². The fourth-order valence-electron chi connectivity index (χ4n) is 6.26. The zero-order valence-electron chi connectivity index (χ0n) is 28.8. The zero-order chi connectivity index (χ0) is 38.0. The minimum absolute atomic E-state index is 0.0193. The van der Waals surface area contributed by atoms with Gasteiger partial charge in [0.25, 0.3) is 5.91 Å². The first-order chi connectivity index (χ1) is 26.3. The second kappa shape index (κ2) is 18.4. The van der Waals surface area contributed by atoms with Crippen LogP contribution in [-0.4, -0.2) is 128 Å². The molecule has 54 heavy (non-hydrogen) atoms. The number of aliphatic hydroxyl groups excluding tert-OH is 5. The third-order valence-electron chi connectivity index (χ3n) is 9.02. The Labute approximate surface area is 309 Å². The average Bonchev–Trinajstić information content (AvgIpc) is 3.68. The van der Waals surface area contributed by atoms with Gasteiger partial charge in [0.05, 0.1) is 19.4 Å². The molecule has 6 rings (SSSR count). The molecule has 0 bridgehead atoms. The van der Waals surface area contributed by atoms with Crippen molar-refractivity contribution in [2.24, 2.45) is 5.11 Å². The van der Waals surface area contributed by atoms with Crippen molar-refractivity contribution in [2.45, 2.75) is 67.7 Å². The maximum absolute atomic E-state index is 13.2. The van der Waals surface area contributed by atoms with Crippen LogP contribution in [0, 0.1) is 0 Å². The summed E-state index contributed by atoms with van der Waals surface area (Å²) in [5.74, 6) is 0.703. The summed E-state index contributed by atoms with van der Waals surface area (Å²) in [4.78, 5) is 15.9. The lowest BCUT2D eigenvalue weighted by atomic mass is 9.94. The largest absolute Gasteiger partial charge is 0.457 e. The number of azide groups is 1. The van der Waals surface area contributed by atoms with Crippen LogP contribution in [0.1, 0.15) is 22.8 Å². The van der Waals surface area contributed by atoms with E-state index in [1.165, 1.54) is 10.9 Å². The van der Waals surface area contributed by atoms with Crippen molar-refractivity contribution >= 4 is 5.91 Å². The van der Waals surface area contributed by atoms with E-state index in [0.717, 1.165) is 0 Å². The highest BCUT2D eigenvalue weighted by Crippen LogP contribution is 2.35. The molecule has 18 heteroatoms. The van der Waals surface area contributed by atoms with Gasteiger partial charge in [-0.25, -0.2) is 4.68 Å². The number of carbonyl (C=O) groups is 1. The summed E-state index contributed by atoms with van der Waals surface area (Å²) in [5.41, 5.74) is 9.93. The molecule has 4 aromatic rings. The minimum atomic E-state index is -1.66. The Bertz CT molecular complexity index is 1830. The van der Waals surface area contributed by atoms with Gasteiger partial charge in [-0.15, -0.1) is 5.10 Å². The molecule has 3 heterocycles. The predicted octanol–water partition coefficient (Wildman–Crippen LogP) is 1.70. The average molecular weight is 748 g/mol. The maximum Gasteiger partial charge on any atom is 0.251 e. The highest BCUT2D eigenvalue weighted by molar-refractivity contribution is 5.94. The van der Waals surface area contributed by atoms with Crippen LogP contribution in [0.5, 0.6) is 11.5 Å². The molecule has 0 unspecified atom stereocenters. The molecule has 2 aliphatic heterocycles. The number of rotatable bonds is 15. The van der Waals surface area contributed by atoms with Crippen molar-refractivity contribution in [3.05, 3.63) is 107 Å². The van der Waals surface area contributed by atoms with Crippen molar-refractivity contribution in [1.29, 1.82) is 0 Å². The van der Waals surface area contributed by atoms with Gasteiger partial charge in [-0.1, -0.05) is 46.7 Å². The smallest absolute Gasteiger partial charge is 0.251 e. The molecule has 0 aliphatic carbocycles. The molecule has 10 atom stereocenters. The van der Waals surface area contributed by atoms with Gasteiger partial charge in [-0.2, -0.15) is 0 Å². The van der Waals surface area contributed by atoms with Crippen molar-refractivity contribution < 1.29 is 54.0 Å². The lowest BCUT2D eigenvalue weighted by Crippen LogP contribution is -2.67. The third kappa shape index (κ3) is 9.03. The van der Waals surface area contributed by atoms with Crippen LogP contribution in [0.4, 0.5) is 0 Å². The van der Waals surface area contributed by atoms with Gasteiger partial charge in [0.2, 0.25) is 0 Å². The van der Waals surface area contributed by atoms with Gasteiger partial charge in [-0.3, -0.25) is 4.79 Å². The number of nitrogens with zero attached hydrogens (tertiary/aromatic N) is 6. The molecular weight excluding hydrogens is 706 g/mol. The van der Waals surface area contributed by atoms with Crippen molar-refractivity contribution in [3.63, 3.8) is 0 Å². The molecular formula is C36H41N7O11. The number of ether oxygens (including phenoxy) is 5. The summed E-state index contributed by atoms with van der Waals surface area (Å²) >= 11 is 0. The molecule has 2 aliphatic rings. The van der Waals surface area contributed by atoms with Gasteiger partial charge in [0, 0.05) is 29.2 Å². The molecule has 0 radical (unpaired) electrons. The number of benzene rings is 3. The molecule has 1 amide bonds. The second-order valence-electron chi connectivity index (χ2n) is 12.6. The van der Waals surface area contributed by atoms with Gasteiger partial charge >= 0.3 is 0 Å². The van der Waals surface area contributed by atoms with E-state index in [1.54, 1.807) is 54.6 Å². The van der Waals surface area contributed by atoms with Crippen molar-refractivity contribution in [3.8, 4) is 22.8 Å². The molecule has 18 nitrogen and oxygen atoms in total. The molecule has 6 N–H and O–H groups in total. The number of carbonyl (C=O) groups excluding carboxylic acids is 1. The Morgan fingerprint density at radius 3 is 2.22 bits per heavy atom. The summed E-state index contributed by atoms with van der Waals surface area (Å²) in [5, 5.41) is 69.5. The van der Waals surface area contributed by atoms with E-state index in [4.69, 9.17) is 29.2 Å². The van der Waals surface area contributed by atoms with Crippen LogP contribution >= 0.6 is 0 Å². The quantitative estimate of drug-likeness (QED) is 0.0439. The fourth-order valence-corrected chi connectivity index (χ4v) is 6.26. The van der Waals surface area contributed by atoms with Crippen LogP contribution in [0.2, 0.25) is 0 Å². The van der Waals surface area contributed by atoms with Gasteiger partial charge < -0.3 is 54.5 Å². The number of hydrogen-bond acceptors (Lipinski definition) is 14. The Hall–Kier alpha value is -4.98. The SMILES string of the molecule is [N-]=[N+]=NCCCO[C@@H]1O[C@H](CO)[C@@H](O[C@@H]2O[C@H](CO)[C@H](O)[C@H](n3cc(-c4ccc(Oc5ccccc5)cc4)nn3)[C@H]2O)[C@H](O)[C@H]1NC(=O)c1ccccc1. The lowest BCUT2D eigenvalue weighted by molar-refractivity contribution is -0.342. The fraction of sp³-hybridized carbons (Fsp3) is 0.417. The van der Waals surface area contributed by atoms with Crippen LogP contribution in [-0.2, 0) is 18.9 Å². The summed E-state index contributed by atoms with van der Waals surface area (Å²) < 4.78 is 30.8. The summed E-state index contributed by atoms with van der Waals surface area (Å²) in [7, 11) is 0. The monoisotopic (exact) mass is 747 g/mol. The van der Waals surface area contributed by atoms with E-state index < -0.39 is 80.4 Å². The predicted molar refractivity (Wildman–Crippen MR) is 188 cm³/mol. The number of nitrogens with one attached hydrogen (secondary N) is 1. The number of aromatic nitrogens is 3. The van der Waals surface area contributed by atoms with Gasteiger partial charge in [0.15, 0.2) is 12.6 Å².